The summed E-state index contributed by atoms with van der Waals surface area (Å²) in [5.74, 6) is 1.86. The maximum atomic E-state index is 6.58. The van der Waals surface area contributed by atoms with Crippen molar-refractivity contribution in [1.29, 1.82) is 0 Å². The van der Waals surface area contributed by atoms with Crippen LogP contribution in [0.2, 0.25) is 0 Å². The Morgan fingerprint density at radius 1 is 0.304 bits per heavy atom. The van der Waals surface area contributed by atoms with Gasteiger partial charge in [-0.2, -0.15) is 0 Å². The molecule has 3 heterocycles. The fourth-order valence-corrected chi connectivity index (χ4v) is 7.92. The number of aromatic nitrogens is 4. The molecule has 0 aliphatic rings. The van der Waals surface area contributed by atoms with Crippen LogP contribution in [0.15, 0.2) is 199 Å². The zero-order chi connectivity index (χ0) is 37.0. The van der Waals surface area contributed by atoms with E-state index in [0.29, 0.717) is 17.5 Å². The van der Waals surface area contributed by atoms with Gasteiger partial charge in [0.15, 0.2) is 17.5 Å². The molecule has 0 radical (unpaired) electrons. The lowest BCUT2D eigenvalue weighted by atomic mass is 10.0. The summed E-state index contributed by atoms with van der Waals surface area (Å²) in [5, 5.41) is 4.51. The molecule has 0 aliphatic heterocycles. The Hall–Kier alpha value is -7.63. The Balaban J connectivity index is 1.07. The van der Waals surface area contributed by atoms with Gasteiger partial charge in [-0.1, -0.05) is 146 Å². The van der Waals surface area contributed by atoms with Gasteiger partial charge in [0.05, 0.1) is 11.0 Å². The molecule has 0 atom stereocenters. The number of hydrogen-bond acceptors (Lipinski definition) is 4. The number of para-hydroxylation sites is 1. The van der Waals surface area contributed by atoms with Crippen molar-refractivity contribution in [2.24, 2.45) is 0 Å². The van der Waals surface area contributed by atoms with E-state index in [9.17, 15) is 0 Å². The standard InChI is InChI=1S/C51H32N4O/c1-4-13-33(14-5-1)36-19-12-20-38(29-36)50-52-49(35-17-8-3-9-18-35)53-51(54-50)39-24-26-42-41-21-10-11-22-45(41)55(46(42)30-39)40-25-28-44-43-27-23-37(34-15-6-2-7-16-34)31-47(43)56-48(44)32-40/h1-32H. The van der Waals surface area contributed by atoms with Crippen LogP contribution in [0.25, 0.3) is 106 Å². The quantitative estimate of drug-likeness (QED) is 0.172. The first-order chi connectivity index (χ1) is 27.7. The molecule has 11 aromatic rings. The molecule has 0 amide bonds. The summed E-state index contributed by atoms with van der Waals surface area (Å²) in [5.41, 5.74) is 12.2. The molecule has 0 saturated carbocycles. The van der Waals surface area contributed by atoms with E-state index in [1.54, 1.807) is 0 Å². The van der Waals surface area contributed by atoms with Crippen LogP contribution in [0.4, 0.5) is 0 Å². The summed E-state index contributed by atoms with van der Waals surface area (Å²) in [6.07, 6.45) is 0. The van der Waals surface area contributed by atoms with Gasteiger partial charge in [0.25, 0.3) is 0 Å². The lowest BCUT2D eigenvalue weighted by molar-refractivity contribution is 0.669. The highest BCUT2D eigenvalue weighted by Crippen LogP contribution is 2.38. The van der Waals surface area contributed by atoms with Crippen molar-refractivity contribution in [2.45, 2.75) is 0 Å². The second kappa shape index (κ2) is 13.0. The summed E-state index contributed by atoms with van der Waals surface area (Å²) in [6, 6.07) is 67.4. The minimum Gasteiger partial charge on any atom is -0.456 e. The minimum absolute atomic E-state index is 0.611. The normalized spacial score (nSPS) is 11.6. The van der Waals surface area contributed by atoms with Gasteiger partial charge in [0.2, 0.25) is 0 Å². The van der Waals surface area contributed by atoms with Gasteiger partial charge in [-0.25, -0.2) is 15.0 Å². The van der Waals surface area contributed by atoms with Gasteiger partial charge < -0.3 is 8.98 Å². The van der Waals surface area contributed by atoms with Crippen molar-refractivity contribution in [3.05, 3.63) is 194 Å². The Morgan fingerprint density at radius 3 is 1.50 bits per heavy atom. The average Bonchev–Trinajstić information content (AvgIpc) is 3.81. The third-order valence-electron chi connectivity index (χ3n) is 10.6. The maximum Gasteiger partial charge on any atom is 0.164 e. The smallest absolute Gasteiger partial charge is 0.164 e. The van der Waals surface area contributed by atoms with Gasteiger partial charge in [-0.15, -0.1) is 0 Å². The van der Waals surface area contributed by atoms with Gasteiger partial charge in [0.1, 0.15) is 11.2 Å². The molecule has 11 rings (SSSR count). The van der Waals surface area contributed by atoms with E-state index in [0.717, 1.165) is 77.4 Å². The lowest BCUT2D eigenvalue weighted by Gasteiger charge is -2.11. The van der Waals surface area contributed by atoms with E-state index < -0.39 is 0 Å². The van der Waals surface area contributed by atoms with Crippen LogP contribution in [0, 0.1) is 0 Å². The molecule has 0 N–H and O–H groups in total. The van der Waals surface area contributed by atoms with E-state index in [4.69, 9.17) is 19.4 Å². The lowest BCUT2D eigenvalue weighted by Crippen LogP contribution is -2.00. The molecule has 262 valence electrons. The van der Waals surface area contributed by atoms with Crippen molar-refractivity contribution in [3.63, 3.8) is 0 Å². The second-order valence-electron chi connectivity index (χ2n) is 14.1. The zero-order valence-electron chi connectivity index (χ0n) is 30.2. The predicted molar refractivity (Wildman–Crippen MR) is 229 cm³/mol. The Morgan fingerprint density at radius 2 is 0.786 bits per heavy atom. The van der Waals surface area contributed by atoms with Crippen LogP contribution < -0.4 is 0 Å². The maximum absolute atomic E-state index is 6.58. The second-order valence-corrected chi connectivity index (χ2v) is 14.1. The molecular weight excluding hydrogens is 685 g/mol. The first kappa shape index (κ1) is 31.9. The molecule has 0 bridgehead atoms. The first-order valence-corrected chi connectivity index (χ1v) is 18.8. The molecule has 56 heavy (non-hydrogen) atoms. The van der Waals surface area contributed by atoms with Gasteiger partial charge in [-0.3, -0.25) is 0 Å². The average molecular weight is 717 g/mol. The molecule has 0 aliphatic carbocycles. The highest BCUT2D eigenvalue weighted by Gasteiger charge is 2.18. The van der Waals surface area contributed by atoms with Crippen LogP contribution in [0.3, 0.4) is 0 Å². The molecule has 0 unspecified atom stereocenters. The van der Waals surface area contributed by atoms with Gasteiger partial charge in [-0.05, 0) is 64.7 Å². The van der Waals surface area contributed by atoms with E-state index in [1.807, 2.05) is 42.5 Å². The van der Waals surface area contributed by atoms with E-state index in [-0.39, 0.29) is 0 Å². The summed E-state index contributed by atoms with van der Waals surface area (Å²) >= 11 is 0. The molecule has 0 saturated heterocycles. The minimum atomic E-state index is 0.611. The summed E-state index contributed by atoms with van der Waals surface area (Å²) in [7, 11) is 0. The third kappa shape index (κ3) is 5.45. The summed E-state index contributed by atoms with van der Waals surface area (Å²) in [6.45, 7) is 0. The monoisotopic (exact) mass is 716 g/mol. The van der Waals surface area contributed by atoms with Gasteiger partial charge in [0, 0.05) is 50.0 Å². The van der Waals surface area contributed by atoms with Crippen molar-refractivity contribution in [2.75, 3.05) is 0 Å². The van der Waals surface area contributed by atoms with Crippen LogP contribution in [-0.2, 0) is 0 Å². The molecule has 8 aromatic carbocycles. The predicted octanol–water partition coefficient (Wildman–Crippen LogP) is 13.2. The largest absolute Gasteiger partial charge is 0.456 e. The number of rotatable bonds is 6. The number of furan rings is 1. The van der Waals surface area contributed by atoms with Crippen molar-refractivity contribution < 1.29 is 4.42 Å². The topological polar surface area (TPSA) is 56.7 Å². The van der Waals surface area contributed by atoms with E-state index in [2.05, 4.69) is 156 Å². The van der Waals surface area contributed by atoms with Crippen LogP contribution in [0.5, 0.6) is 0 Å². The number of nitrogens with zero attached hydrogens (tertiary/aromatic N) is 4. The fourth-order valence-electron chi connectivity index (χ4n) is 7.92. The van der Waals surface area contributed by atoms with Crippen molar-refractivity contribution in [3.8, 4) is 62.1 Å². The first-order valence-electron chi connectivity index (χ1n) is 18.8. The molecule has 5 heteroatoms. The van der Waals surface area contributed by atoms with Crippen LogP contribution in [-0.4, -0.2) is 19.5 Å². The number of fused-ring (bicyclic) bond motifs is 6. The van der Waals surface area contributed by atoms with Crippen molar-refractivity contribution >= 4 is 43.7 Å². The van der Waals surface area contributed by atoms with Gasteiger partial charge >= 0.3 is 0 Å². The zero-order valence-corrected chi connectivity index (χ0v) is 30.2. The van der Waals surface area contributed by atoms with E-state index >= 15 is 0 Å². The fraction of sp³-hybridized carbons (Fsp3) is 0. The molecule has 3 aromatic heterocycles. The molecule has 0 fully saturated rings. The van der Waals surface area contributed by atoms with Crippen molar-refractivity contribution in [1.82, 2.24) is 19.5 Å². The SMILES string of the molecule is c1ccc(-c2cccc(-c3nc(-c4ccccc4)nc(-c4ccc5c6ccccc6n(-c6ccc7c(c6)oc6cc(-c8ccccc8)ccc67)c5c4)n3)c2)cc1. The number of benzene rings is 8. The van der Waals surface area contributed by atoms with E-state index in [1.165, 1.54) is 10.9 Å². The Kier molecular flexibility index (Phi) is 7.42. The molecular formula is C51H32N4O. The highest BCUT2D eigenvalue weighted by molar-refractivity contribution is 6.11. The Bertz CT molecular complexity index is 3240. The summed E-state index contributed by atoms with van der Waals surface area (Å²) in [4.78, 5) is 15.3. The summed E-state index contributed by atoms with van der Waals surface area (Å²) < 4.78 is 8.90. The molecule has 0 spiro atoms. The highest BCUT2D eigenvalue weighted by atomic mass is 16.3. The third-order valence-corrected chi connectivity index (χ3v) is 10.6. The van der Waals surface area contributed by atoms with Crippen LogP contribution in [0.1, 0.15) is 0 Å². The van der Waals surface area contributed by atoms with Crippen LogP contribution >= 0.6 is 0 Å². The number of hydrogen-bond donors (Lipinski definition) is 0. The molecule has 5 nitrogen and oxygen atoms in total. The Labute approximate surface area is 322 Å².